The number of aryl methyl sites for hydroxylation is 1. The van der Waals surface area contributed by atoms with E-state index in [1.54, 1.807) is 11.6 Å². The van der Waals surface area contributed by atoms with E-state index in [1.165, 1.54) is 5.56 Å². The van der Waals surface area contributed by atoms with Crippen LogP contribution in [0, 0.1) is 0 Å². The highest BCUT2D eigenvalue weighted by atomic mass is 35.5. The summed E-state index contributed by atoms with van der Waals surface area (Å²) in [5.41, 5.74) is 2.38. The van der Waals surface area contributed by atoms with Gasteiger partial charge in [-0.1, -0.05) is 42.8 Å². The molecule has 0 amide bonds. The first-order valence-corrected chi connectivity index (χ1v) is 13.5. The quantitative estimate of drug-likeness (QED) is 0.475. The first kappa shape index (κ1) is 25.2. The van der Waals surface area contributed by atoms with E-state index in [2.05, 4.69) is 58.0 Å². The molecule has 0 saturated carbocycles. The Bertz CT molecular complexity index is 1250. The Morgan fingerprint density at radius 1 is 1.19 bits per heavy atom. The van der Waals surface area contributed by atoms with E-state index in [-0.39, 0.29) is 17.8 Å². The van der Waals surface area contributed by atoms with Gasteiger partial charge in [0.15, 0.2) is 17.0 Å². The molecule has 0 radical (unpaired) electrons. The summed E-state index contributed by atoms with van der Waals surface area (Å²) in [5.74, 6) is 0.636. The summed E-state index contributed by atoms with van der Waals surface area (Å²) in [4.78, 5) is 22.3. The van der Waals surface area contributed by atoms with Crippen molar-refractivity contribution < 1.29 is 4.74 Å². The molecule has 2 aliphatic rings. The monoisotopic (exact) mass is 513 g/mol. The van der Waals surface area contributed by atoms with Gasteiger partial charge in [-0.15, -0.1) is 5.10 Å². The van der Waals surface area contributed by atoms with E-state index in [9.17, 15) is 4.79 Å². The molecular weight excluding hydrogens is 478 g/mol. The van der Waals surface area contributed by atoms with Gasteiger partial charge in [0.25, 0.3) is 0 Å². The maximum atomic E-state index is 13.0. The summed E-state index contributed by atoms with van der Waals surface area (Å²) in [6.45, 7) is 9.67. The minimum absolute atomic E-state index is 0.104. The highest BCUT2D eigenvalue weighted by molar-refractivity contribution is 6.30. The van der Waals surface area contributed by atoms with Gasteiger partial charge in [-0.25, -0.2) is 9.48 Å². The summed E-state index contributed by atoms with van der Waals surface area (Å²) < 4.78 is 9.17. The zero-order valence-electron chi connectivity index (χ0n) is 21.6. The number of hydrogen-bond acceptors (Lipinski definition) is 7. The van der Waals surface area contributed by atoms with Crippen molar-refractivity contribution in [2.45, 2.75) is 77.2 Å². The number of aromatic nitrogens is 5. The van der Waals surface area contributed by atoms with Crippen LogP contribution in [0.3, 0.4) is 0 Å². The first-order valence-electron chi connectivity index (χ1n) is 13.1. The van der Waals surface area contributed by atoms with Crippen molar-refractivity contribution in [3.05, 3.63) is 45.3 Å². The molecule has 0 unspecified atom stereocenters. The van der Waals surface area contributed by atoms with Gasteiger partial charge in [-0.05, 0) is 50.3 Å². The number of fused-ring (bicyclic) bond motifs is 1. The number of halogens is 1. The van der Waals surface area contributed by atoms with Gasteiger partial charge in [0.1, 0.15) is 0 Å². The lowest BCUT2D eigenvalue weighted by molar-refractivity contribution is 0.0939. The van der Waals surface area contributed by atoms with Crippen LogP contribution in [0.15, 0.2) is 29.1 Å². The molecule has 4 heterocycles. The Morgan fingerprint density at radius 3 is 2.64 bits per heavy atom. The predicted molar refractivity (Wildman–Crippen MR) is 142 cm³/mol. The van der Waals surface area contributed by atoms with Crippen LogP contribution >= 0.6 is 11.6 Å². The van der Waals surface area contributed by atoms with Crippen molar-refractivity contribution in [2.75, 3.05) is 24.6 Å². The second kappa shape index (κ2) is 10.5. The molecule has 2 aliphatic heterocycles. The van der Waals surface area contributed by atoms with Gasteiger partial charge in [-0.2, -0.15) is 4.98 Å². The number of piperazine rings is 1. The Balaban J connectivity index is 1.47. The summed E-state index contributed by atoms with van der Waals surface area (Å²) in [6.07, 6.45) is 4.16. The lowest BCUT2D eigenvalue weighted by Gasteiger charge is -2.48. The second-order valence-corrected chi connectivity index (χ2v) is 10.5. The van der Waals surface area contributed by atoms with Crippen molar-refractivity contribution in [2.24, 2.45) is 7.05 Å². The van der Waals surface area contributed by atoms with Gasteiger partial charge in [0.05, 0.1) is 12.6 Å². The fraction of sp³-hybridized carbons (Fsp3) is 0.615. The summed E-state index contributed by atoms with van der Waals surface area (Å²) in [5, 5.41) is 9.70. The zero-order chi connectivity index (χ0) is 25.4. The predicted octanol–water partition coefficient (Wildman–Crippen LogP) is 3.80. The van der Waals surface area contributed by atoms with Crippen molar-refractivity contribution >= 4 is 28.6 Å². The Kier molecular flexibility index (Phi) is 7.32. The SMILES string of the molecule is CC[C@@H]1CN(c2nc(=O)n(C)c3c2nnn3C[C@H]2CCCO2)[C@@H](C)CN1[C@H](CC)c1ccc(Cl)cc1. The molecule has 0 bridgehead atoms. The van der Waals surface area contributed by atoms with E-state index in [0.29, 0.717) is 35.6 Å². The van der Waals surface area contributed by atoms with Gasteiger partial charge in [0.2, 0.25) is 0 Å². The number of benzene rings is 1. The third kappa shape index (κ3) is 4.64. The molecule has 0 aliphatic carbocycles. The van der Waals surface area contributed by atoms with Crippen LogP contribution in [-0.4, -0.2) is 67.3 Å². The maximum absolute atomic E-state index is 13.0. The highest BCUT2D eigenvalue weighted by Crippen LogP contribution is 2.34. The molecule has 10 heteroatoms. The largest absolute Gasteiger partial charge is 0.376 e. The Hall–Kier alpha value is -2.49. The van der Waals surface area contributed by atoms with Gasteiger partial charge in [-0.3, -0.25) is 9.47 Å². The molecule has 2 saturated heterocycles. The van der Waals surface area contributed by atoms with E-state index in [1.807, 2.05) is 16.8 Å². The summed E-state index contributed by atoms with van der Waals surface area (Å²) in [6, 6.07) is 8.99. The molecule has 9 nitrogen and oxygen atoms in total. The van der Waals surface area contributed by atoms with Gasteiger partial charge >= 0.3 is 5.69 Å². The smallest absolute Gasteiger partial charge is 0.351 e. The van der Waals surface area contributed by atoms with E-state index in [4.69, 9.17) is 16.3 Å². The van der Waals surface area contributed by atoms with E-state index >= 15 is 0 Å². The van der Waals surface area contributed by atoms with Crippen molar-refractivity contribution in [3.8, 4) is 0 Å². The van der Waals surface area contributed by atoms with Gasteiger partial charge < -0.3 is 9.64 Å². The fourth-order valence-electron chi connectivity index (χ4n) is 5.85. The molecule has 3 aromatic rings. The lowest BCUT2D eigenvalue weighted by atomic mass is 9.96. The molecule has 1 aromatic carbocycles. The highest BCUT2D eigenvalue weighted by Gasteiger charge is 2.37. The third-order valence-corrected chi connectivity index (χ3v) is 8.05. The molecule has 4 atom stereocenters. The molecule has 194 valence electrons. The maximum Gasteiger partial charge on any atom is 0.351 e. The fourth-order valence-corrected chi connectivity index (χ4v) is 5.98. The Labute approximate surface area is 217 Å². The second-order valence-electron chi connectivity index (χ2n) is 10.1. The number of rotatable bonds is 7. The number of nitrogens with zero attached hydrogens (tertiary/aromatic N) is 7. The van der Waals surface area contributed by atoms with Crippen LogP contribution in [0.25, 0.3) is 11.2 Å². The average molecular weight is 514 g/mol. The van der Waals surface area contributed by atoms with Crippen molar-refractivity contribution in [3.63, 3.8) is 0 Å². The van der Waals surface area contributed by atoms with Crippen LogP contribution in [0.4, 0.5) is 5.82 Å². The minimum Gasteiger partial charge on any atom is -0.376 e. The minimum atomic E-state index is -0.288. The average Bonchev–Trinajstić information content (AvgIpc) is 3.54. The molecule has 0 N–H and O–H groups in total. The topological polar surface area (TPSA) is 81.3 Å². The zero-order valence-corrected chi connectivity index (χ0v) is 22.4. The van der Waals surface area contributed by atoms with Crippen molar-refractivity contribution in [1.29, 1.82) is 0 Å². The number of anilines is 1. The summed E-state index contributed by atoms with van der Waals surface area (Å²) >= 11 is 6.16. The summed E-state index contributed by atoms with van der Waals surface area (Å²) in [7, 11) is 1.74. The molecule has 2 fully saturated rings. The first-order chi connectivity index (χ1) is 17.4. The normalized spacial score (nSPS) is 24.0. The van der Waals surface area contributed by atoms with Crippen LogP contribution in [-0.2, 0) is 18.3 Å². The molecule has 5 rings (SSSR count). The molecule has 0 spiro atoms. The standard InChI is InChI=1S/C26H36ClN7O2/c1-5-20-15-32(17(3)14-33(20)22(6-2)18-9-11-19(27)12-10-18)24-23-25(31(4)26(35)28-24)34(30-29-23)16-21-8-7-13-36-21/h9-12,17,20-22H,5-8,13-16H2,1-4H3/t17-,20+,21+,22+/m0/s1. The molecular formula is C26H36ClN7O2. The van der Waals surface area contributed by atoms with Crippen LogP contribution in [0.5, 0.6) is 0 Å². The number of ether oxygens (including phenoxy) is 1. The third-order valence-electron chi connectivity index (χ3n) is 7.80. The molecule has 36 heavy (non-hydrogen) atoms. The van der Waals surface area contributed by atoms with Gasteiger partial charge in [0, 0.05) is 49.9 Å². The number of hydrogen-bond donors (Lipinski definition) is 0. The van der Waals surface area contributed by atoms with E-state index < -0.39 is 0 Å². The van der Waals surface area contributed by atoms with Crippen LogP contribution in [0.1, 0.15) is 58.1 Å². The van der Waals surface area contributed by atoms with Crippen molar-refractivity contribution in [1.82, 2.24) is 29.4 Å². The van der Waals surface area contributed by atoms with Crippen LogP contribution in [0.2, 0.25) is 5.02 Å². The van der Waals surface area contributed by atoms with Crippen LogP contribution < -0.4 is 10.6 Å². The lowest BCUT2D eigenvalue weighted by Crippen LogP contribution is -2.58. The van der Waals surface area contributed by atoms with E-state index in [0.717, 1.165) is 50.4 Å². The Morgan fingerprint density at radius 2 is 1.97 bits per heavy atom. The molecule has 2 aromatic heterocycles.